The van der Waals surface area contributed by atoms with Gasteiger partial charge in [0.15, 0.2) is 6.61 Å². The van der Waals surface area contributed by atoms with Crippen LogP contribution < -0.4 is 10.1 Å². The lowest BCUT2D eigenvalue weighted by Crippen LogP contribution is -2.23. The molecular formula is C16H15Cl3N2O4S. The summed E-state index contributed by atoms with van der Waals surface area (Å²) in [6.45, 7) is -0.345. The third-order valence-electron chi connectivity index (χ3n) is 3.23. The van der Waals surface area contributed by atoms with Gasteiger partial charge in [0.25, 0.3) is 5.91 Å². The van der Waals surface area contributed by atoms with E-state index in [1.54, 1.807) is 6.07 Å². The van der Waals surface area contributed by atoms with Gasteiger partial charge in [-0.05, 0) is 24.3 Å². The maximum Gasteiger partial charge on any atom is 0.262 e. The molecule has 0 saturated carbocycles. The molecule has 0 aliphatic carbocycles. The number of carbonyl (C=O) groups is 1. The van der Waals surface area contributed by atoms with Crippen LogP contribution >= 0.6 is 34.8 Å². The lowest BCUT2D eigenvalue weighted by Gasteiger charge is -2.13. The van der Waals surface area contributed by atoms with E-state index in [0.717, 1.165) is 4.31 Å². The zero-order chi connectivity index (χ0) is 19.5. The second-order valence-corrected chi connectivity index (χ2v) is 8.72. The fraction of sp³-hybridized carbons (Fsp3) is 0.188. The summed E-state index contributed by atoms with van der Waals surface area (Å²) in [5, 5.41) is 3.29. The van der Waals surface area contributed by atoms with Crippen LogP contribution in [-0.4, -0.2) is 39.3 Å². The molecule has 1 N–H and O–H groups in total. The van der Waals surface area contributed by atoms with E-state index in [1.807, 2.05) is 0 Å². The molecule has 140 valence electrons. The van der Waals surface area contributed by atoms with E-state index < -0.39 is 15.9 Å². The number of nitrogens with one attached hydrogen (secondary N) is 1. The van der Waals surface area contributed by atoms with Gasteiger partial charge in [0.1, 0.15) is 5.75 Å². The SMILES string of the molecule is CN(C)S(=O)(=O)c1cccc(NC(=O)COc2cc(Cl)c(Cl)cc2Cl)c1. The largest absolute Gasteiger partial charge is 0.482 e. The first-order valence-corrected chi connectivity index (χ1v) is 9.78. The maximum absolute atomic E-state index is 12.1. The summed E-state index contributed by atoms with van der Waals surface area (Å²) in [5.41, 5.74) is 0.321. The van der Waals surface area contributed by atoms with Gasteiger partial charge in [-0.2, -0.15) is 0 Å². The van der Waals surface area contributed by atoms with Crippen LogP contribution in [0, 0.1) is 0 Å². The van der Waals surface area contributed by atoms with E-state index in [1.165, 1.54) is 44.4 Å². The fourth-order valence-corrected chi connectivity index (χ4v) is 3.44. The molecule has 0 radical (unpaired) electrons. The zero-order valence-electron chi connectivity index (χ0n) is 13.8. The van der Waals surface area contributed by atoms with Crippen molar-refractivity contribution in [2.45, 2.75) is 4.90 Å². The van der Waals surface area contributed by atoms with Crippen LogP contribution in [0.1, 0.15) is 0 Å². The van der Waals surface area contributed by atoms with Crippen molar-refractivity contribution in [3.05, 3.63) is 51.5 Å². The third kappa shape index (κ3) is 5.02. The summed E-state index contributed by atoms with van der Waals surface area (Å²) in [5.74, 6) is -0.285. The zero-order valence-corrected chi connectivity index (χ0v) is 16.9. The van der Waals surface area contributed by atoms with Gasteiger partial charge in [-0.3, -0.25) is 4.79 Å². The molecule has 26 heavy (non-hydrogen) atoms. The molecule has 2 rings (SSSR count). The van der Waals surface area contributed by atoms with Crippen LogP contribution in [0.5, 0.6) is 5.75 Å². The fourth-order valence-electron chi connectivity index (χ4n) is 1.90. The molecule has 0 aliphatic rings. The molecule has 0 atom stereocenters. The summed E-state index contributed by atoms with van der Waals surface area (Å²) in [6.07, 6.45) is 0. The van der Waals surface area contributed by atoms with Crippen LogP contribution in [-0.2, 0) is 14.8 Å². The lowest BCUT2D eigenvalue weighted by molar-refractivity contribution is -0.118. The van der Waals surface area contributed by atoms with Crippen molar-refractivity contribution >= 4 is 56.4 Å². The first-order valence-electron chi connectivity index (χ1n) is 7.21. The molecule has 0 fully saturated rings. The number of sulfonamides is 1. The molecule has 0 spiro atoms. The Morgan fingerprint density at radius 2 is 1.73 bits per heavy atom. The average molecular weight is 438 g/mol. The van der Waals surface area contributed by atoms with Gasteiger partial charge < -0.3 is 10.1 Å². The van der Waals surface area contributed by atoms with Gasteiger partial charge in [-0.15, -0.1) is 0 Å². The monoisotopic (exact) mass is 436 g/mol. The molecular weight excluding hydrogens is 423 g/mol. The van der Waals surface area contributed by atoms with Gasteiger partial charge in [0, 0.05) is 25.8 Å². The molecule has 0 unspecified atom stereocenters. The van der Waals surface area contributed by atoms with Crippen molar-refractivity contribution < 1.29 is 17.9 Å². The minimum absolute atomic E-state index is 0.0637. The van der Waals surface area contributed by atoms with Crippen LogP contribution in [0.25, 0.3) is 0 Å². The van der Waals surface area contributed by atoms with E-state index in [4.69, 9.17) is 39.5 Å². The molecule has 2 aromatic carbocycles. The number of halogens is 3. The average Bonchev–Trinajstić information content (AvgIpc) is 2.57. The summed E-state index contributed by atoms with van der Waals surface area (Å²) in [7, 11) is -0.747. The van der Waals surface area contributed by atoms with Crippen molar-refractivity contribution in [1.82, 2.24) is 4.31 Å². The summed E-state index contributed by atoms with van der Waals surface area (Å²) < 4.78 is 30.7. The Balaban J connectivity index is 2.06. The van der Waals surface area contributed by atoms with Gasteiger partial charge in [-0.25, -0.2) is 12.7 Å². The molecule has 0 heterocycles. The summed E-state index contributed by atoms with van der Waals surface area (Å²) in [6, 6.07) is 8.72. The summed E-state index contributed by atoms with van der Waals surface area (Å²) in [4.78, 5) is 12.1. The number of anilines is 1. The van der Waals surface area contributed by atoms with Crippen LogP contribution in [0.3, 0.4) is 0 Å². The Kier molecular flexibility index (Phi) is 6.76. The molecule has 2 aromatic rings. The first kappa shape index (κ1) is 20.8. The second kappa shape index (κ2) is 8.45. The van der Waals surface area contributed by atoms with E-state index >= 15 is 0 Å². The Hall–Kier alpha value is -1.51. The van der Waals surface area contributed by atoms with E-state index in [-0.39, 0.29) is 32.3 Å². The van der Waals surface area contributed by atoms with Crippen molar-refractivity contribution in [1.29, 1.82) is 0 Å². The molecule has 0 saturated heterocycles. The number of benzene rings is 2. The first-order chi connectivity index (χ1) is 12.1. The number of carbonyl (C=O) groups excluding carboxylic acids is 1. The number of hydrogen-bond donors (Lipinski definition) is 1. The highest BCUT2D eigenvalue weighted by Gasteiger charge is 2.17. The Morgan fingerprint density at radius 3 is 2.38 bits per heavy atom. The normalized spacial score (nSPS) is 11.5. The smallest absolute Gasteiger partial charge is 0.262 e. The van der Waals surface area contributed by atoms with Gasteiger partial charge in [0.05, 0.1) is 20.0 Å². The lowest BCUT2D eigenvalue weighted by atomic mass is 10.3. The molecule has 0 aromatic heterocycles. The number of ether oxygens (including phenoxy) is 1. The van der Waals surface area contributed by atoms with E-state index in [0.29, 0.717) is 5.69 Å². The van der Waals surface area contributed by atoms with E-state index in [9.17, 15) is 13.2 Å². The van der Waals surface area contributed by atoms with Gasteiger partial charge in [-0.1, -0.05) is 40.9 Å². The molecule has 10 heteroatoms. The molecule has 1 amide bonds. The summed E-state index contributed by atoms with van der Waals surface area (Å²) >= 11 is 17.7. The van der Waals surface area contributed by atoms with Crippen LogP contribution in [0.2, 0.25) is 15.1 Å². The molecule has 0 bridgehead atoms. The van der Waals surface area contributed by atoms with Crippen molar-refractivity contribution in [3.8, 4) is 5.75 Å². The van der Waals surface area contributed by atoms with Crippen molar-refractivity contribution in [3.63, 3.8) is 0 Å². The minimum Gasteiger partial charge on any atom is -0.482 e. The molecule has 6 nitrogen and oxygen atoms in total. The second-order valence-electron chi connectivity index (χ2n) is 5.35. The highest BCUT2D eigenvalue weighted by molar-refractivity contribution is 7.89. The number of rotatable bonds is 6. The predicted molar refractivity (Wildman–Crippen MR) is 103 cm³/mol. The topological polar surface area (TPSA) is 75.7 Å². The number of nitrogens with zero attached hydrogens (tertiary/aromatic N) is 1. The molecule has 0 aliphatic heterocycles. The van der Waals surface area contributed by atoms with Crippen LogP contribution in [0.4, 0.5) is 5.69 Å². The van der Waals surface area contributed by atoms with E-state index in [2.05, 4.69) is 5.32 Å². The Bertz CT molecular complexity index is 933. The number of hydrogen-bond acceptors (Lipinski definition) is 4. The quantitative estimate of drug-likeness (QED) is 0.695. The Labute approximate surface area is 166 Å². The minimum atomic E-state index is -3.60. The third-order valence-corrected chi connectivity index (χ3v) is 6.06. The van der Waals surface area contributed by atoms with Gasteiger partial charge in [0.2, 0.25) is 10.0 Å². The maximum atomic E-state index is 12.1. The standard InChI is InChI=1S/C16H15Cl3N2O4S/c1-21(2)26(23,24)11-5-3-4-10(6-11)20-16(22)9-25-15-8-13(18)12(17)7-14(15)19/h3-8H,9H2,1-2H3,(H,20,22). The van der Waals surface area contributed by atoms with Crippen molar-refractivity contribution in [2.24, 2.45) is 0 Å². The Morgan fingerprint density at radius 1 is 1.08 bits per heavy atom. The van der Waals surface area contributed by atoms with Crippen LogP contribution in [0.15, 0.2) is 41.3 Å². The van der Waals surface area contributed by atoms with Gasteiger partial charge >= 0.3 is 0 Å². The highest BCUT2D eigenvalue weighted by Crippen LogP contribution is 2.33. The predicted octanol–water partition coefficient (Wildman–Crippen LogP) is 3.91. The highest BCUT2D eigenvalue weighted by atomic mass is 35.5. The van der Waals surface area contributed by atoms with Crippen molar-refractivity contribution in [2.75, 3.05) is 26.0 Å². The number of amides is 1.